The molecule has 0 saturated heterocycles. The predicted octanol–water partition coefficient (Wildman–Crippen LogP) is 2.02. The van der Waals surface area contributed by atoms with Crippen LogP contribution in [0.25, 0.3) is 0 Å². The van der Waals surface area contributed by atoms with Crippen molar-refractivity contribution in [2.45, 2.75) is 0 Å². The fourth-order valence-corrected chi connectivity index (χ4v) is 1.18. The van der Waals surface area contributed by atoms with E-state index < -0.39 is 0 Å². The van der Waals surface area contributed by atoms with Crippen LogP contribution in [0.15, 0.2) is 23.2 Å². The molecule has 0 saturated carbocycles. The Morgan fingerprint density at radius 1 is 1.55 bits per heavy atom. The second kappa shape index (κ2) is 2.50. The van der Waals surface area contributed by atoms with Crippen LogP contribution in [-0.2, 0) is 0 Å². The highest BCUT2D eigenvalue weighted by atomic mass is 35.5. The minimum absolute atomic E-state index is 0.606. The van der Waals surface area contributed by atoms with Gasteiger partial charge >= 0.3 is 0 Å². The number of aliphatic imine (C=N–C) groups is 1. The van der Waals surface area contributed by atoms with Crippen molar-refractivity contribution in [3.05, 3.63) is 28.8 Å². The second-order valence-corrected chi connectivity index (χ2v) is 2.73. The van der Waals surface area contributed by atoms with Gasteiger partial charge in [-0.25, -0.2) is 0 Å². The largest absolute Gasteiger partial charge is 0.309 e. The van der Waals surface area contributed by atoms with E-state index in [4.69, 9.17) is 11.6 Å². The van der Waals surface area contributed by atoms with Crippen molar-refractivity contribution in [3.8, 4) is 0 Å². The molecule has 1 N–H and O–H groups in total. The van der Waals surface area contributed by atoms with Gasteiger partial charge in [-0.15, -0.1) is 4.99 Å². The molecule has 1 aliphatic rings. The lowest BCUT2D eigenvalue weighted by molar-refractivity contribution is 1.13. The normalized spacial score (nSPS) is 13.2. The highest BCUT2D eigenvalue weighted by Crippen LogP contribution is 2.20. The Balaban J connectivity index is 2.54. The van der Waals surface area contributed by atoms with E-state index in [1.807, 2.05) is 18.2 Å². The number of hydrogen-bond donors (Lipinski definition) is 1. The maximum Gasteiger partial charge on any atom is 0.234 e. The Bertz CT molecular complexity index is 307. The molecule has 1 heterocycles. The van der Waals surface area contributed by atoms with E-state index in [1.54, 1.807) is 0 Å². The summed E-state index contributed by atoms with van der Waals surface area (Å²) in [6.45, 7) is 0.606. The highest BCUT2D eigenvalue weighted by Gasteiger charge is 2.14. The maximum absolute atomic E-state index is 5.77. The van der Waals surface area contributed by atoms with Gasteiger partial charge in [0, 0.05) is 6.07 Å². The SMILES string of the molecule is Clc1ccc2c(c1)[C+]=NCN2. The number of halogens is 1. The van der Waals surface area contributed by atoms with E-state index in [2.05, 4.69) is 16.5 Å². The average molecular weight is 166 g/mol. The average Bonchev–Trinajstić information content (AvgIpc) is 2.04. The molecule has 1 aromatic rings. The first kappa shape index (κ1) is 6.59. The number of benzene rings is 1. The Morgan fingerprint density at radius 2 is 2.45 bits per heavy atom. The quantitative estimate of drug-likeness (QED) is 0.585. The fraction of sp³-hybridized carbons (Fsp3) is 0.125. The molecule has 0 spiro atoms. The lowest BCUT2D eigenvalue weighted by Gasteiger charge is -2.01. The third-order valence-corrected chi connectivity index (χ3v) is 1.76. The summed E-state index contributed by atoms with van der Waals surface area (Å²) < 4.78 is 0. The molecule has 0 bridgehead atoms. The molecule has 0 fully saturated rings. The van der Waals surface area contributed by atoms with Gasteiger partial charge in [0.25, 0.3) is 0 Å². The van der Waals surface area contributed by atoms with Crippen LogP contribution >= 0.6 is 11.6 Å². The van der Waals surface area contributed by atoms with Crippen molar-refractivity contribution in [3.63, 3.8) is 0 Å². The molecule has 0 atom stereocenters. The zero-order valence-corrected chi connectivity index (χ0v) is 6.52. The van der Waals surface area contributed by atoms with E-state index in [0.717, 1.165) is 16.3 Å². The smallest absolute Gasteiger partial charge is 0.234 e. The van der Waals surface area contributed by atoms with Gasteiger partial charge in [-0.3, -0.25) is 0 Å². The van der Waals surface area contributed by atoms with Gasteiger partial charge in [0.15, 0.2) is 11.9 Å². The molecule has 3 heteroatoms. The standard InChI is InChI=1S/C8H6ClN2/c9-7-1-2-8-6(3-7)4-10-5-11-8/h1-3,11H,5H2/q+1. The number of anilines is 1. The summed E-state index contributed by atoms with van der Waals surface area (Å²) in [6.07, 6.45) is 2.88. The summed E-state index contributed by atoms with van der Waals surface area (Å²) in [5.41, 5.74) is 1.98. The van der Waals surface area contributed by atoms with E-state index >= 15 is 0 Å². The number of nitrogens with one attached hydrogen (secondary N) is 1. The van der Waals surface area contributed by atoms with Crippen molar-refractivity contribution in [1.82, 2.24) is 0 Å². The van der Waals surface area contributed by atoms with E-state index in [1.165, 1.54) is 0 Å². The van der Waals surface area contributed by atoms with Gasteiger partial charge < -0.3 is 5.32 Å². The third kappa shape index (κ3) is 1.18. The van der Waals surface area contributed by atoms with Crippen LogP contribution in [0.5, 0.6) is 0 Å². The van der Waals surface area contributed by atoms with E-state index in [9.17, 15) is 0 Å². The number of fused-ring (bicyclic) bond motifs is 1. The van der Waals surface area contributed by atoms with Crippen molar-refractivity contribution in [1.29, 1.82) is 0 Å². The third-order valence-electron chi connectivity index (χ3n) is 1.53. The molecule has 0 amide bonds. The summed E-state index contributed by atoms with van der Waals surface area (Å²) in [5, 5.41) is 3.82. The summed E-state index contributed by atoms with van der Waals surface area (Å²) in [6, 6.07) is 5.62. The Hall–Kier alpha value is -1.11. The van der Waals surface area contributed by atoms with Gasteiger partial charge in [-0.05, 0) is 6.07 Å². The molecular weight excluding hydrogens is 160 g/mol. The monoisotopic (exact) mass is 165 g/mol. The van der Waals surface area contributed by atoms with Gasteiger partial charge in [0.2, 0.25) is 5.56 Å². The van der Waals surface area contributed by atoms with Crippen molar-refractivity contribution in [2.24, 2.45) is 4.99 Å². The van der Waals surface area contributed by atoms with Crippen LogP contribution in [-0.4, -0.2) is 12.9 Å². The number of hydrogen-bond acceptors (Lipinski definition) is 2. The molecule has 54 valence electrons. The molecule has 0 aliphatic carbocycles. The van der Waals surface area contributed by atoms with E-state index in [-0.39, 0.29) is 0 Å². The molecule has 2 nitrogen and oxygen atoms in total. The van der Waals surface area contributed by atoms with Crippen molar-refractivity contribution < 1.29 is 0 Å². The Kier molecular flexibility index (Phi) is 1.50. The van der Waals surface area contributed by atoms with Gasteiger partial charge in [-0.1, -0.05) is 11.6 Å². The fourth-order valence-electron chi connectivity index (χ4n) is 1.01. The van der Waals surface area contributed by atoms with Crippen LogP contribution in [0.2, 0.25) is 5.02 Å². The first-order valence-electron chi connectivity index (χ1n) is 3.32. The first-order chi connectivity index (χ1) is 5.36. The van der Waals surface area contributed by atoms with Crippen LogP contribution in [0, 0.1) is 0 Å². The van der Waals surface area contributed by atoms with Crippen LogP contribution < -0.4 is 5.32 Å². The molecular formula is C8H6ClN2+. The van der Waals surface area contributed by atoms with Crippen LogP contribution in [0.3, 0.4) is 0 Å². The molecule has 1 aromatic carbocycles. The predicted molar refractivity (Wildman–Crippen MR) is 46.5 cm³/mol. The highest BCUT2D eigenvalue weighted by molar-refractivity contribution is 6.31. The first-order valence-corrected chi connectivity index (χ1v) is 3.70. The molecule has 0 aromatic heterocycles. The number of rotatable bonds is 0. The molecule has 0 radical (unpaired) electrons. The van der Waals surface area contributed by atoms with Crippen LogP contribution in [0.4, 0.5) is 5.69 Å². The lowest BCUT2D eigenvalue weighted by Crippen LogP contribution is -2.06. The Labute approximate surface area is 69.9 Å². The van der Waals surface area contributed by atoms with Gasteiger partial charge in [-0.2, -0.15) is 0 Å². The molecule has 2 rings (SSSR count). The Morgan fingerprint density at radius 3 is 3.36 bits per heavy atom. The van der Waals surface area contributed by atoms with E-state index in [0.29, 0.717) is 6.67 Å². The maximum atomic E-state index is 5.77. The van der Waals surface area contributed by atoms with Gasteiger partial charge in [0.05, 0.1) is 11.1 Å². The zero-order valence-electron chi connectivity index (χ0n) is 5.76. The number of nitrogens with zero attached hydrogens (tertiary/aromatic N) is 1. The molecule has 11 heavy (non-hydrogen) atoms. The minimum atomic E-state index is 0.606. The van der Waals surface area contributed by atoms with Crippen molar-refractivity contribution >= 4 is 23.5 Å². The van der Waals surface area contributed by atoms with Gasteiger partial charge in [0.1, 0.15) is 6.67 Å². The summed E-state index contributed by atoms with van der Waals surface area (Å²) in [7, 11) is 0. The molecule has 1 aliphatic heterocycles. The van der Waals surface area contributed by atoms with Crippen molar-refractivity contribution in [2.75, 3.05) is 12.0 Å². The summed E-state index contributed by atoms with van der Waals surface area (Å²) in [5.74, 6) is 0. The van der Waals surface area contributed by atoms with Crippen LogP contribution in [0.1, 0.15) is 5.56 Å². The zero-order chi connectivity index (χ0) is 7.68. The summed E-state index contributed by atoms with van der Waals surface area (Å²) >= 11 is 5.77. The minimum Gasteiger partial charge on any atom is -0.309 e. The second-order valence-electron chi connectivity index (χ2n) is 2.29. The molecule has 0 unspecified atom stereocenters. The summed E-state index contributed by atoms with van der Waals surface area (Å²) in [4.78, 5) is 3.94. The topological polar surface area (TPSA) is 24.4 Å². The lowest BCUT2D eigenvalue weighted by atomic mass is 10.2.